The SMILES string of the molecule is C[C@H](O)c1ccccc1NC(=O)c1ccccc1. The smallest absolute Gasteiger partial charge is 0.255 e. The predicted molar refractivity (Wildman–Crippen MR) is 71.5 cm³/mol. The highest BCUT2D eigenvalue weighted by Crippen LogP contribution is 2.22. The number of aliphatic hydroxyl groups excluding tert-OH is 1. The molecule has 0 saturated heterocycles. The van der Waals surface area contributed by atoms with E-state index < -0.39 is 6.10 Å². The van der Waals surface area contributed by atoms with E-state index in [-0.39, 0.29) is 5.91 Å². The molecule has 0 fully saturated rings. The number of hydrogen-bond acceptors (Lipinski definition) is 2. The molecule has 3 heteroatoms. The first-order chi connectivity index (χ1) is 8.68. The van der Waals surface area contributed by atoms with E-state index in [2.05, 4.69) is 5.32 Å². The van der Waals surface area contributed by atoms with Crippen molar-refractivity contribution < 1.29 is 9.90 Å². The van der Waals surface area contributed by atoms with Gasteiger partial charge < -0.3 is 10.4 Å². The van der Waals surface area contributed by atoms with Crippen LogP contribution in [0.3, 0.4) is 0 Å². The number of rotatable bonds is 3. The molecule has 0 unspecified atom stereocenters. The molecule has 2 aromatic carbocycles. The number of carbonyl (C=O) groups is 1. The van der Waals surface area contributed by atoms with Gasteiger partial charge in [0.2, 0.25) is 0 Å². The molecular weight excluding hydrogens is 226 g/mol. The molecule has 0 saturated carbocycles. The number of hydrogen-bond donors (Lipinski definition) is 2. The van der Waals surface area contributed by atoms with Gasteiger partial charge in [-0.15, -0.1) is 0 Å². The average molecular weight is 241 g/mol. The second kappa shape index (κ2) is 5.47. The molecule has 0 aromatic heterocycles. The highest BCUT2D eigenvalue weighted by molar-refractivity contribution is 6.04. The molecule has 18 heavy (non-hydrogen) atoms. The summed E-state index contributed by atoms with van der Waals surface area (Å²) in [5.41, 5.74) is 1.95. The third-order valence-corrected chi connectivity index (χ3v) is 2.70. The van der Waals surface area contributed by atoms with E-state index in [1.807, 2.05) is 30.3 Å². The monoisotopic (exact) mass is 241 g/mol. The Labute approximate surface area is 106 Å². The summed E-state index contributed by atoms with van der Waals surface area (Å²) in [5, 5.41) is 12.4. The number of benzene rings is 2. The number of carbonyl (C=O) groups excluding carboxylic acids is 1. The fourth-order valence-electron chi connectivity index (χ4n) is 1.76. The summed E-state index contributed by atoms with van der Waals surface area (Å²) < 4.78 is 0. The van der Waals surface area contributed by atoms with Crippen molar-refractivity contribution in [2.75, 3.05) is 5.32 Å². The van der Waals surface area contributed by atoms with Crippen molar-refractivity contribution in [2.24, 2.45) is 0 Å². The van der Waals surface area contributed by atoms with E-state index in [0.29, 0.717) is 16.8 Å². The third-order valence-electron chi connectivity index (χ3n) is 2.70. The van der Waals surface area contributed by atoms with Crippen LogP contribution in [-0.2, 0) is 0 Å². The lowest BCUT2D eigenvalue weighted by Crippen LogP contribution is -2.13. The first-order valence-corrected chi connectivity index (χ1v) is 5.82. The minimum Gasteiger partial charge on any atom is -0.389 e. The van der Waals surface area contributed by atoms with Crippen molar-refractivity contribution >= 4 is 11.6 Å². The lowest BCUT2D eigenvalue weighted by atomic mass is 10.1. The molecule has 0 radical (unpaired) electrons. The van der Waals surface area contributed by atoms with Gasteiger partial charge in [-0.1, -0.05) is 36.4 Å². The minimum absolute atomic E-state index is 0.177. The maximum Gasteiger partial charge on any atom is 0.255 e. The number of para-hydroxylation sites is 1. The first-order valence-electron chi connectivity index (χ1n) is 5.82. The molecule has 92 valence electrons. The van der Waals surface area contributed by atoms with Crippen molar-refractivity contribution in [1.29, 1.82) is 0 Å². The van der Waals surface area contributed by atoms with Crippen LogP contribution in [0.15, 0.2) is 54.6 Å². The van der Waals surface area contributed by atoms with E-state index in [9.17, 15) is 9.90 Å². The van der Waals surface area contributed by atoms with Gasteiger partial charge in [-0.05, 0) is 25.1 Å². The number of amides is 1. The van der Waals surface area contributed by atoms with Gasteiger partial charge in [0, 0.05) is 16.8 Å². The Balaban J connectivity index is 2.22. The molecule has 0 aliphatic rings. The van der Waals surface area contributed by atoms with Crippen molar-refractivity contribution in [1.82, 2.24) is 0 Å². The van der Waals surface area contributed by atoms with E-state index in [1.165, 1.54) is 0 Å². The summed E-state index contributed by atoms with van der Waals surface area (Å²) in [6.45, 7) is 1.67. The van der Waals surface area contributed by atoms with Crippen LogP contribution in [0.1, 0.15) is 28.9 Å². The number of aliphatic hydroxyl groups is 1. The standard InChI is InChI=1S/C15H15NO2/c1-11(17)13-9-5-6-10-14(13)16-15(18)12-7-3-2-4-8-12/h2-11,17H,1H3,(H,16,18)/t11-/m0/s1. The summed E-state index contributed by atoms with van der Waals surface area (Å²) in [6.07, 6.45) is -0.614. The third kappa shape index (κ3) is 2.76. The lowest BCUT2D eigenvalue weighted by molar-refractivity contribution is 0.102. The maximum atomic E-state index is 12.0. The largest absolute Gasteiger partial charge is 0.389 e. The summed E-state index contributed by atoms with van der Waals surface area (Å²) in [6, 6.07) is 16.2. The molecule has 0 heterocycles. The lowest BCUT2D eigenvalue weighted by Gasteiger charge is -2.12. The second-order valence-electron chi connectivity index (χ2n) is 4.08. The topological polar surface area (TPSA) is 49.3 Å². The molecule has 2 aromatic rings. The van der Waals surface area contributed by atoms with Crippen LogP contribution in [-0.4, -0.2) is 11.0 Å². The molecule has 1 amide bonds. The van der Waals surface area contributed by atoms with Crippen molar-refractivity contribution in [3.8, 4) is 0 Å². The van der Waals surface area contributed by atoms with Crippen LogP contribution < -0.4 is 5.32 Å². The van der Waals surface area contributed by atoms with Gasteiger partial charge in [0.1, 0.15) is 0 Å². The van der Waals surface area contributed by atoms with Crippen LogP contribution in [0.4, 0.5) is 5.69 Å². The maximum absolute atomic E-state index is 12.0. The van der Waals surface area contributed by atoms with Crippen LogP contribution >= 0.6 is 0 Å². The van der Waals surface area contributed by atoms with Gasteiger partial charge in [0.05, 0.1) is 6.10 Å². The zero-order valence-corrected chi connectivity index (χ0v) is 10.1. The summed E-state index contributed by atoms with van der Waals surface area (Å²) in [7, 11) is 0. The van der Waals surface area contributed by atoms with Crippen LogP contribution in [0, 0.1) is 0 Å². The number of anilines is 1. The van der Waals surface area contributed by atoms with Gasteiger partial charge in [0.25, 0.3) is 5.91 Å². The Kier molecular flexibility index (Phi) is 3.75. The fraction of sp³-hybridized carbons (Fsp3) is 0.133. The van der Waals surface area contributed by atoms with E-state index >= 15 is 0 Å². The quantitative estimate of drug-likeness (QED) is 0.867. The Hall–Kier alpha value is -2.13. The predicted octanol–water partition coefficient (Wildman–Crippen LogP) is 2.99. The van der Waals surface area contributed by atoms with E-state index in [4.69, 9.17) is 0 Å². The zero-order chi connectivity index (χ0) is 13.0. The van der Waals surface area contributed by atoms with Crippen molar-refractivity contribution in [2.45, 2.75) is 13.0 Å². The first kappa shape index (κ1) is 12.3. The minimum atomic E-state index is -0.614. The van der Waals surface area contributed by atoms with Crippen LogP contribution in [0.5, 0.6) is 0 Å². The fourth-order valence-corrected chi connectivity index (χ4v) is 1.76. The van der Waals surface area contributed by atoms with Gasteiger partial charge in [-0.25, -0.2) is 0 Å². The van der Waals surface area contributed by atoms with Gasteiger partial charge >= 0.3 is 0 Å². The van der Waals surface area contributed by atoms with Gasteiger partial charge in [-0.3, -0.25) is 4.79 Å². The molecule has 2 N–H and O–H groups in total. The highest BCUT2D eigenvalue weighted by Gasteiger charge is 2.10. The molecule has 3 nitrogen and oxygen atoms in total. The summed E-state index contributed by atoms with van der Waals surface area (Å²) in [4.78, 5) is 12.0. The molecule has 0 spiro atoms. The normalized spacial score (nSPS) is 11.9. The van der Waals surface area contributed by atoms with Gasteiger partial charge in [0.15, 0.2) is 0 Å². The van der Waals surface area contributed by atoms with Crippen molar-refractivity contribution in [3.63, 3.8) is 0 Å². The second-order valence-corrected chi connectivity index (χ2v) is 4.08. The molecular formula is C15H15NO2. The van der Waals surface area contributed by atoms with Crippen LogP contribution in [0.2, 0.25) is 0 Å². The molecule has 0 aliphatic carbocycles. The Morgan fingerprint density at radius 1 is 1.06 bits per heavy atom. The molecule has 1 atom stereocenters. The highest BCUT2D eigenvalue weighted by atomic mass is 16.3. The van der Waals surface area contributed by atoms with E-state index in [1.54, 1.807) is 31.2 Å². The number of nitrogens with one attached hydrogen (secondary N) is 1. The van der Waals surface area contributed by atoms with E-state index in [0.717, 1.165) is 0 Å². The average Bonchev–Trinajstić information content (AvgIpc) is 2.40. The molecule has 2 rings (SSSR count). The Morgan fingerprint density at radius 2 is 1.67 bits per heavy atom. The van der Waals surface area contributed by atoms with Gasteiger partial charge in [-0.2, -0.15) is 0 Å². The van der Waals surface area contributed by atoms with Crippen molar-refractivity contribution in [3.05, 3.63) is 65.7 Å². The van der Waals surface area contributed by atoms with Crippen LogP contribution in [0.25, 0.3) is 0 Å². The molecule has 0 aliphatic heterocycles. The Bertz CT molecular complexity index is 535. The molecule has 0 bridgehead atoms. The zero-order valence-electron chi connectivity index (χ0n) is 10.1. The summed E-state index contributed by atoms with van der Waals surface area (Å²) in [5.74, 6) is -0.177. The summed E-state index contributed by atoms with van der Waals surface area (Å²) >= 11 is 0. The Morgan fingerprint density at radius 3 is 2.33 bits per heavy atom.